The number of carbonyl (C=O) groups is 1. The molecule has 8 nitrogen and oxygen atoms in total. The Morgan fingerprint density at radius 2 is 1.68 bits per heavy atom. The molecule has 11 heteroatoms. The van der Waals surface area contributed by atoms with Crippen LogP contribution in [0.2, 0.25) is 0 Å². The molecule has 0 saturated carbocycles. The lowest BCUT2D eigenvalue weighted by atomic mass is 10.2. The van der Waals surface area contributed by atoms with E-state index < -0.39 is 12.3 Å². The van der Waals surface area contributed by atoms with Crippen molar-refractivity contribution in [1.82, 2.24) is 20.3 Å². The molecule has 0 spiro atoms. The molecule has 0 radical (unpaired) electrons. The first-order chi connectivity index (χ1) is 14.8. The molecule has 31 heavy (non-hydrogen) atoms. The number of alkyl halides is 3. The standard InChI is InChI=1S/C20H19F3N6O2/c1-13-6-7-24-17(10-13)29-18-11-16(27-12-28-18)25-8-9-26-19(30)14-2-4-15(5-3-14)31-20(21,22)23/h2-7,10-12H,8-9H2,1H3,(H,26,30)(H2,24,25,27,28,29). The molecule has 3 aromatic rings. The van der Waals surface area contributed by atoms with E-state index in [1.165, 1.54) is 18.5 Å². The van der Waals surface area contributed by atoms with Crippen molar-refractivity contribution >= 4 is 23.4 Å². The fourth-order valence-electron chi connectivity index (χ4n) is 2.53. The van der Waals surface area contributed by atoms with Crippen LogP contribution in [-0.2, 0) is 0 Å². The molecule has 1 amide bonds. The Labute approximate surface area is 175 Å². The summed E-state index contributed by atoms with van der Waals surface area (Å²) < 4.78 is 40.3. The van der Waals surface area contributed by atoms with Gasteiger partial charge in [0.2, 0.25) is 0 Å². The zero-order chi connectivity index (χ0) is 22.3. The second kappa shape index (κ2) is 9.74. The van der Waals surface area contributed by atoms with Crippen LogP contribution in [0.3, 0.4) is 0 Å². The van der Waals surface area contributed by atoms with Crippen molar-refractivity contribution in [3.8, 4) is 5.75 Å². The summed E-state index contributed by atoms with van der Waals surface area (Å²) in [6.45, 7) is 2.60. The number of nitrogens with zero attached hydrogens (tertiary/aromatic N) is 3. The van der Waals surface area contributed by atoms with E-state index in [0.717, 1.165) is 17.7 Å². The minimum Gasteiger partial charge on any atom is -0.406 e. The van der Waals surface area contributed by atoms with E-state index in [1.54, 1.807) is 12.3 Å². The predicted molar refractivity (Wildman–Crippen MR) is 108 cm³/mol. The number of aryl methyl sites for hydroxylation is 1. The maximum atomic E-state index is 12.2. The van der Waals surface area contributed by atoms with Gasteiger partial charge in [0.05, 0.1) is 0 Å². The smallest absolute Gasteiger partial charge is 0.406 e. The largest absolute Gasteiger partial charge is 0.573 e. The number of hydrogen-bond acceptors (Lipinski definition) is 7. The number of halogens is 3. The van der Waals surface area contributed by atoms with E-state index in [-0.39, 0.29) is 17.9 Å². The maximum Gasteiger partial charge on any atom is 0.573 e. The third kappa shape index (κ3) is 7.14. The van der Waals surface area contributed by atoms with Crippen molar-refractivity contribution in [1.29, 1.82) is 0 Å². The molecule has 3 N–H and O–H groups in total. The van der Waals surface area contributed by atoms with E-state index >= 15 is 0 Å². The molecule has 2 aromatic heterocycles. The van der Waals surface area contributed by atoms with Gasteiger partial charge >= 0.3 is 6.36 Å². The summed E-state index contributed by atoms with van der Waals surface area (Å²) in [7, 11) is 0. The molecule has 0 aliphatic heterocycles. The first kappa shape index (κ1) is 21.8. The van der Waals surface area contributed by atoms with Crippen LogP contribution in [0.4, 0.5) is 30.6 Å². The lowest BCUT2D eigenvalue weighted by Crippen LogP contribution is -2.28. The van der Waals surface area contributed by atoms with Gasteiger partial charge in [-0.2, -0.15) is 0 Å². The van der Waals surface area contributed by atoms with Crippen LogP contribution in [0.1, 0.15) is 15.9 Å². The number of benzene rings is 1. The van der Waals surface area contributed by atoms with Crippen LogP contribution in [0.15, 0.2) is 55.0 Å². The van der Waals surface area contributed by atoms with Gasteiger partial charge in [-0.25, -0.2) is 15.0 Å². The fourth-order valence-corrected chi connectivity index (χ4v) is 2.53. The maximum absolute atomic E-state index is 12.2. The molecule has 0 bridgehead atoms. The second-order valence-electron chi connectivity index (χ2n) is 6.39. The molecule has 2 heterocycles. The third-order valence-electron chi connectivity index (χ3n) is 3.91. The third-order valence-corrected chi connectivity index (χ3v) is 3.91. The zero-order valence-corrected chi connectivity index (χ0v) is 16.4. The van der Waals surface area contributed by atoms with Crippen LogP contribution in [0.25, 0.3) is 0 Å². The SMILES string of the molecule is Cc1ccnc(Nc2cc(NCCNC(=O)c3ccc(OC(F)(F)F)cc3)ncn2)c1. The number of carbonyl (C=O) groups excluding carboxylic acids is 1. The Bertz CT molecular complexity index is 1030. The minimum atomic E-state index is -4.78. The van der Waals surface area contributed by atoms with Crippen molar-refractivity contribution in [2.75, 3.05) is 23.7 Å². The van der Waals surface area contributed by atoms with Crippen molar-refractivity contribution in [2.24, 2.45) is 0 Å². The molecular formula is C20H19F3N6O2. The number of aromatic nitrogens is 3. The van der Waals surface area contributed by atoms with Crippen molar-refractivity contribution in [3.05, 3.63) is 66.1 Å². The number of nitrogens with one attached hydrogen (secondary N) is 3. The van der Waals surface area contributed by atoms with Gasteiger partial charge in [-0.1, -0.05) is 0 Å². The van der Waals surface area contributed by atoms with Gasteiger partial charge in [-0.05, 0) is 48.9 Å². The Hall–Kier alpha value is -3.89. The molecule has 0 aliphatic rings. The number of ether oxygens (including phenoxy) is 1. The van der Waals surface area contributed by atoms with E-state index in [0.29, 0.717) is 24.0 Å². The van der Waals surface area contributed by atoms with E-state index in [1.807, 2.05) is 19.1 Å². The van der Waals surface area contributed by atoms with Crippen LogP contribution >= 0.6 is 0 Å². The number of rotatable bonds is 8. The summed E-state index contributed by atoms with van der Waals surface area (Å²) in [5.41, 5.74) is 1.27. The summed E-state index contributed by atoms with van der Waals surface area (Å²) in [6.07, 6.45) is -1.69. The van der Waals surface area contributed by atoms with E-state index in [4.69, 9.17) is 0 Å². The van der Waals surface area contributed by atoms with Crippen molar-refractivity contribution < 1.29 is 22.7 Å². The average molecular weight is 432 g/mol. The Kier molecular flexibility index (Phi) is 6.85. The van der Waals surface area contributed by atoms with E-state index in [9.17, 15) is 18.0 Å². The monoisotopic (exact) mass is 432 g/mol. The highest BCUT2D eigenvalue weighted by molar-refractivity contribution is 5.94. The highest BCUT2D eigenvalue weighted by Gasteiger charge is 2.31. The summed E-state index contributed by atoms with van der Waals surface area (Å²) in [5, 5.41) is 8.80. The zero-order valence-electron chi connectivity index (χ0n) is 16.4. The molecule has 0 saturated heterocycles. The second-order valence-corrected chi connectivity index (χ2v) is 6.39. The van der Waals surface area contributed by atoms with Crippen LogP contribution in [-0.4, -0.2) is 40.3 Å². The Balaban J connectivity index is 1.45. The normalized spacial score (nSPS) is 11.0. The lowest BCUT2D eigenvalue weighted by molar-refractivity contribution is -0.274. The summed E-state index contributed by atoms with van der Waals surface area (Å²) in [5.74, 6) is 0.952. The summed E-state index contributed by atoms with van der Waals surface area (Å²) in [6, 6.07) is 10.1. The first-order valence-electron chi connectivity index (χ1n) is 9.18. The topological polar surface area (TPSA) is 101 Å². The highest BCUT2D eigenvalue weighted by Crippen LogP contribution is 2.22. The van der Waals surface area contributed by atoms with Gasteiger partial charge in [0.25, 0.3) is 5.91 Å². The fraction of sp³-hybridized carbons (Fsp3) is 0.200. The van der Waals surface area contributed by atoms with Crippen LogP contribution < -0.4 is 20.7 Å². The number of anilines is 3. The van der Waals surface area contributed by atoms with Crippen molar-refractivity contribution in [2.45, 2.75) is 13.3 Å². The molecule has 0 aliphatic carbocycles. The number of hydrogen-bond donors (Lipinski definition) is 3. The molecule has 1 aromatic carbocycles. The molecule has 0 fully saturated rings. The Morgan fingerprint density at radius 1 is 0.968 bits per heavy atom. The van der Waals surface area contributed by atoms with Gasteiger partial charge in [0.1, 0.15) is 29.5 Å². The van der Waals surface area contributed by atoms with Gasteiger partial charge < -0.3 is 20.7 Å². The number of pyridine rings is 1. The number of amides is 1. The van der Waals surface area contributed by atoms with Crippen molar-refractivity contribution in [3.63, 3.8) is 0 Å². The summed E-state index contributed by atoms with van der Waals surface area (Å²) >= 11 is 0. The average Bonchev–Trinajstić information content (AvgIpc) is 2.71. The van der Waals surface area contributed by atoms with Gasteiger partial charge in [-0.3, -0.25) is 4.79 Å². The Morgan fingerprint density at radius 3 is 2.39 bits per heavy atom. The van der Waals surface area contributed by atoms with Crippen LogP contribution in [0, 0.1) is 6.92 Å². The van der Waals surface area contributed by atoms with Gasteiger partial charge in [0, 0.05) is 30.9 Å². The van der Waals surface area contributed by atoms with Crippen LogP contribution in [0.5, 0.6) is 5.75 Å². The minimum absolute atomic E-state index is 0.216. The van der Waals surface area contributed by atoms with E-state index in [2.05, 4.69) is 35.6 Å². The van der Waals surface area contributed by atoms with Gasteiger partial charge in [0.15, 0.2) is 0 Å². The summed E-state index contributed by atoms with van der Waals surface area (Å²) in [4.78, 5) is 24.5. The highest BCUT2D eigenvalue weighted by atomic mass is 19.4. The quantitative estimate of drug-likeness (QED) is 0.467. The molecular weight excluding hydrogens is 413 g/mol. The molecule has 3 rings (SSSR count). The molecule has 0 unspecified atom stereocenters. The predicted octanol–water partition coefficient (Wildman–Crippen LogP) is 3.66. The molecule has 162 valence electrons. The molecule has 0 atom stereocenters. The lowest BCUT2D eigenvalue weighted by Gasteiger charge is -2.10. The van der Waals surface area contributed by atoms with Gasteiger partial charge in [-0.15, -0.1) is 13.2 Å². The first-order valence-corrected chi connectivity index (χ1v) is 9.18.